The van der Waals surface area contributed by atoms with E-state index in [1.165, 1.54) is 18.2 Å². The van der Waals surface area contributed by atoms with E-state index in [0.29, 0.717) is 18.7 Å². The largest absolute Gasteiger partial charge is 0.452 e. The molecule has 1 aromatic carbocycles. The Labute approximate surface area is 149 Å². The van der Waals surface area contributed by atoms with Gasteiger partial charge >= 0.3 is 12.1 Å². The molecule has 1 saturated heterocycles. The second-order valence-electron chi connectivity index (χ2n) is 6.12. The number of carbonyl (C=O) groups is 2. The highest BCUT2D eigenvalue weighted by Crippen LogP contribution is 2.29. The smallest absolute Gasteiger partial charge is 0.416 e. The Hall–Kier alpha value is -2.35. The van der Waals surface area contributed by atoms with Crippen LogP contribution in [0, 0.1) is 0 Å². The second kappa shape index (κ2) is 8.35. The first-order chi connectivity index (χ1) is 12.1. The first-order valence-corrected chi connectivity index (χ1v) is 8.10. The van der Waals surface area contributed by atoms with Crippen LogP contribution in [0.25, 0.3) is 6.08 Å². The van der Waals surface area contributed by atoms with Crippen LogP contribution in [0.1, 0.15) is 25.0 Å². The maximum atomic E-state index is 12.5. The van der Waals surface area contributed by atoms with Crippen molar-refractivity contribution < 1.29 is 32.2 Å². The minimum absolute atomic E-state index is 0.0852. The molecule has 0 aromatic heterocycles. The van der Waals surface area contributed by atoms with Gasteiger partial charge in [-0.05, 0) is 37.6 Å². The number of halogens is 3. The Morgan fingerprint density at radius 1 is 1.19 bits per heavy atom. The average Bonchev–Trinajstić information content (AvgIpc) is 2.56. The van der Waals surface area contributed by atoms with E-state index in [0.717, 1.165) is 18.2 Å². The third-order valence-electron chi connectivity index (χ3n) is 3.76. The lowest BCUT2D eigenvalue weighted by Gasteiger charge is -2.35. The molecule has 0 saturated carbocycles. The van der Waals surface area contributed by atoms with E-state index in [9.17, 15) is 22.8 Å². The Morgan fingerprint density at radius 2 is 1.77 bits per heavy atom. The van der Waals surface area contributed by atoms with Gasteiger partial charge in [-0.3, -0.25) is 4.79 Å². The van der Waals surface area contributed by atoms with Crippen molar-refractivity contribution in [2.75, 3.05) is 19.7 Å². The number of nitrogens with zero attached hydrogens (tertiary/aromatic N) is 1. The van der Waals surface area contributed by atoms with Crippen molar-refractivity contribution in [1.29, 1.82) is 0 Å². The third kappa shape index (κ3) is 5.87. The van der Waals surface area contributed by atoms with E-state index < -0.39 is 24.3 Å². The Bertz CT molecular complexity index is 660. The number of esters is 1. The quantitative estimate of drug-likeness (QED) is 0.603. The van der Waals surface area contributed by atoms with Crippen LogP contribution >= 0.6 is 0 Å². The number of benzene rings is 1. The fraction of sp³-hybridized carbons (Fsp3) is 0.444. The van der Waals surface area contributed by atoms with E-state index in [2.05, 4.69) is 0 Å². The van der Waals surface area contributed by atoms with Gasteiger partial charge in [-0.2, -0.15) is 13.2 Å². The number of amides is 1. The summed E-state index contributed by atoms with van der Waals surface area (Å²) in [7, 11) is 0. The molecule has 0 spiro atoms. The Kier molecular flexibility index (Phi) is 6.42. The molecule has 0 bridgehead atoms. The summed E-state index contributed by atoms with van der Waals surface area (Å²) >= 11 is 0. The maximum absolute atomic E-state index is 12.5. The molecule has 1 aliphatic heterocycles. The highest BCUT2D eigenvalue weighted by Gasteiger charge is 2.30. The van der Waals surface area contributed by atoms with Gasteiger partial charge in [0.25, 0.3) is 5.91 Å². The first-order valence-electron chi connectivity index (χ1n) is 8.10. The predicted octanol–water partition coefficient (Wildman–Crippen LogP) is 2.90. The van der Waals surface area contributed by atoms with Gasteiger partial charge in [0.05, 0.1) is 17.8 Å². The third-order valence-corrected chi connectivity index (χ3v) is 3.76. The van der Waals surface area contributed by atoms with Crippen molar-refractivity contribution in [3.05, 3.63) is 41.5 Å². The zero-order valence-electron chi connectivity index (χ0n) is 14.5. The van der Waals surface area contributed by atoms with Gasteiger partial charge in [0.2, 0.25) is 0 Å². The monoisotopic (exact) mass is 371 g/mol. The molecule has 2 atom stereocenters. The summed E-state index contributed by atoms with van der Waals surface area (Å²) in [5.74, 6) is -1.06. The fourth-order valence-corrected chi connectivity index (χ4v) is 2.60. The number of alkyl halides is 3. The molecule has 1 aromatic rings. The molecule has 26 heavy (non-hydrogen) atoms. The number of hydrogen-bond acceptors (Lipinski definition) is 4. The van der Waals surface area contributed by atoms with Crippen LogP contribution in [0.5, 0.6) is 0 Å². The number of carbonyl (C=O) groups excluding carboxylic acids is 2. The first kappa shape index (κ1) is 20.0. The minimum Gasteiger partial charge on any atom is -0.452 e. The number of hydrogen-bond donors (Lipinski definition) is 0. The van der Waals surface area contributed by atoms with Crippen molar-refractivity contribution in [3.63, 3.8) is 0 Å². The van der Waals surface area contributed by atoms with Crippen LogP contribution in [0.15, 0.2) is 30.3 Å². The predicted molar refractivity (Wildman–Crippen MR) is 88.0 cm³/mol. The molecule has 2 unspecified atom stereocenters. The van der Waals surface area contributed by atoms with Crippen LogP contribution in [0.3, 0.4) is 0 Å². The molecule has 1 heterocycles. The van der Waals surface area contributed by atoms with Gasteiger partial charge in [0.15, 0.2) is 6.61 Å². The molecular weight excluding hydrogens is 351 g/mol. The lowest BCUT2D eigenvalue weighted by Crippen LogP contribution is -2.49. The van der Waals surface area contributed by atoms with Crippen LogP contribution in [0.2, 0.25) is 0 Å². The summed E-state index contributed by atoms with van der Waals surface area (Å²) < 4.78 is 47.8. The highest BCUT2D eigenvalue weighted by molar-refractivity contribution is 5.89. The van der Waals surface area contributed by atoms with Gasteiger partial charge in [-0.15, -0.1) is 0 Å². The lowest BCUT2D eigenvalue weighted by atomic mass is 10.1. The van der Waals surface area contributed by atoms with E-state index in [4.69, 9.17) is 9.47 Å². The van der Waals surface area contributed by atoms with E-state index in [-0.39, 0.29) is 18.1 Å². The summed E-state index contributed by atoms with van der Waals surface area (Å²) in [5, 5.41) is 0. The number of ether oxygens (including phenoxy) is 2. The van der Waals surface area contributed by atoms with E-state index in [1.807, 2.05) is 13.8 Å². The maximum Gasteiger partial charge on any atom is 0.416 e. The summed E-state index contributed by atoms with van der Waals surface area (Å²) in [6, 6.07) is 4.34. The zero-order chi connectivity index (χ0) is 19.3. The van der Waals surface area contributed by atoms with Crippen molar-refractivity contribution in [3.8, 4) is 0 Å². The SMILES string of the molecule is CC1CN(C(=O)COC(=O)/C=C/c2ccc(C(F)(F)F)cc2)CC(C)O1. The van der Waals surface area contributed by atoms with Gasteiger partial charge in [0, 0.05) is 19.2 Å². The van der Waals surface area contributed by atoms with Crippen molar-refractivity contribution >= 4 is 18.0 Å². The molecule has 0 N–H and O–H groups in total. The van der Waals surface area contributed by atoms with Gasteiger partial charge < -0.3 is 14.4 Å². The standard InChI is InChI=1S/C18H20F3NO4/c1-12-9-22(10-13(2)26-12)16(23)11-25-17(24)8-5-14-3-6-15(7-4-14)18(19,20)21/h3-8,12-13H,9-11H2,1-2H3/b8-5+. The molecule has 8 heteroatoms. The van der Waals surface area contributed by atoms with E-state index in [1.54, 1.807) is 4.90 Å². The van der Waals surface area contributed by atoms with Gasteiger partial charge in [-0.1, -0.05) is 12.1 Å². The van der Waals surface area contributed by atoms with E-state index >= 15 is 0 Å². The van der Waals surface area contributed by atoms with Gasteiger partial charge in [0.1, 0.15) is 0 Å². The van der Waals surface area contributed by atoms with Crippen molar-refractivity contribution in [1.82, 2.24) is 4.90 Å². The molecule has 142 valence electrons. The van der Waals surface area contributed by atoms with Crippen LogP contribution in [-0.2, 0) is 25.2 Å². The van der Waals surface area contributed by atoms with Gasteiger partial charge in [-0.25, -0.2) is 4.79 Å². The summed E-state index contributed by atoms with van der Waals surface area (Å²) in [6.45, 7) is 4.18. The highest BCUT2D eigenvalue weighted by atomic mass is 19.4. The summed E-state index contributed by atoms with van der Waals surface area (Å²) in [6.07, 6.45) is -2.18. The molecule has 0 radical (unpaired) electrons. The van der Waals surface area contributed by atoms with Crippen molar-refractivity contribution in [2.45, 2.75) is 32.2 Å². The number of rotatable bonds is 4. The van der Waals surface area contributed by atoms with Crippen LogP contribution < -0.4 is 0 Å². The molecule has 1 amide bonds. The molecule has 1 fully saturated rings. The minimum atomic E-state index is -4.41. The number of morpholine rings is 1. The lowest BCUT2D eigenvalue weighted by molar-refractivity contribution is -0.154. The summed E-state index contributed by atoms with van der Waals surface area (Å²) in [5.41, 5.74) is -0.353. The fourth-order valence-electron chi connectivity index (χ4n) is 2.60. The molecule has 5 nitrogen and oxygen atoms in total. The topological polar surface area (TPSA) is 55.8 Å². The Morgan fingerprint density at radius 3 is 2.31 bits per heavy atom. The Balaban J connectivity index is 1.82. The summed E-state index contributed by atoms with van der Waals surface area (Å²) in [4.78, 5) is 25.3. The average molecular weight is 371 g/mol. The van der Waals surface area contributed by atoms with Crippen LogP contribution in [-0.4, -0.2) is 48.7 Å². The molecular formula is C18H20F3NO4. The second-order valence-corrected chi connectivity index (χ2v) is 6.12. The molecule has 2 rings (SSSR count). The molecule has 0 aliphatic carbocycles. The normalized spacial score (nSPS) is 21.0. The van der Waals surface area contributed by atoms with Crippen LogP contribution in [0.4, 0.5) is 13.2 Å². The molecule has 1 aliphatic rings. The van der Waals surface area contributed by atoms with Crippen molar-refractivity contribution in [2.24, 2.45) is 0 Å². The zero-order valence-corrected chi connectivity index (χ0v) is 14.5.